The molecule has 0 spiro atoms. The first-order chi connectivity index (χ1) is 24.6. The average Bonchev–Trinajstić information content (AvgIpc) is 3.43. The zero-order chi connectivity index (χ0) is 37.8. The SMILES string of the molecule is CC(C)CCC[C@@H](C)[C@H]1CC[C@H]2[C@@H]3CC=C4C[C@@H](OCCCCCCCCCCOP(=O)([O-])OCCCCC[N+](C)(C)C)CC[C@]4(C)[C@H]3CC[C@]12C. The van der Waals surface area contributed by atoms with E-state index in [1.807, 2.05) is 0 Å². The zero-order valence-electron chi connectivity index (χ0n) is 35.4. The molecule has 4 aliphatic rings. The smallest absolute Gasteiger partial charge is 0.267 e. The van der Waals surface area contributed by atoms with Gasteiger partial charge in [-0.25, -0.2) is 0 Å². The van der Waals surface area contributed by atoms with E-state index in [4.69, 9.17) is 13.8 Å². The highest BCUT2D eigenvalue weighted by molar-refractivity contribution is 7.45. The number of rotatable bonds is 25. The van der Waals surface area contributed by atoms with Crippen molar-refractivity contribution in [3.05, 3.63) is 11.6 Å². The Morgan fingerprint density at radius 3 is 2.02 bits per heavy atom. The number of unbranched alkanes of at least 4 members (excludes halogenated alkanes) is 9. The standard InChI is InChI=1S/C45H84NO5P/c1-36(2)21-20-22-37(3)41-25-26-42-40-24-23-38-35-39(27-29-44(38,4)43(40)28-30-45(41,42)5)49-32-17-13-11-9-10-12-14-18-33-50-52(47,48)51-34-19-15-16-31-46(6,7)8/h23,36-37,39-43H,9-22,24-35H2,1-8H3/t37-,39+,40+,41-,42+,43+,44+,45-/m1/s1. The molecule has 3 saturated carbocycles. The minimum atomic E-state index is -4.16. The molecule has 0 bridgehead atoms. The Kier molecular flexibility index (Phi) is 17.8. The van der Waals surface area contributed by atoms with E-state index in [0.717, 1.165) is 98.1 Å². The number of allylic oxidation sites excluding steroid dienone is 1. The van der Waals surface area contributed by atoms with Gasteiger partial charge in [-0.15, -0.1) is 0 Å². The molecule has 0 aromatic rings. The second-order valence-electron chi connectivity index (χ2n) is 20.0. The average molecular weight is 750 g/mol. The van der Waals surface area contributed by atoms with E-state index < -0.39 is 7.82 Å². The number of phosphoric acid groups is 1. The van der Waals surface area contributed by atoms with Crippen LogP contribution in [0.2, 0.25) is 0 Å². The number of fused-ring (bicyclic) bond motifs is 5. The van der Waals surface area contributed by atoms with Crippen molar-refractivity contribution >= 4 is 7.82 Å². The third kappa shape index (κ3) is 13.2. The van der Waals surface area contributed by atoms with Crippen molar-refractivity contribution in [1.29, 1.82) is 0 Å². The summed E-state index contributed by atoms with van der Waals surface area (Å²) in [4.78, 5) is 12.0. The summed E-state index contributed by atoms with van der Waals surface area (Å²) in [6.45, 7) is 15.2. The van der Waals surface area contributed by atoms with Crippen LogP contribution in [0.3, 0.4) is 0 Å². The van der Waals surface area contributed by atoms with Crippen LogP contribution < -0.4 is 4.89 Å². The van der Waals surface area contributed by atoms with Crippen LogP contribution in [0, 0.1) is 46.3 Å². The molecule has 4 aliphatic carbocycles. The van der Waals surface area contributed by atoms with Gasteiger partial charge in [0, 0.05) is 6.61 Å². The van der Waals surface area contributed by atoms with Gasteiger partial charge in [0.05, 0.1) is 47.0 Å². The monoisotopic (exact) mass is 750 g/mol. The van der Waals surface area contributed by atoms with Crippen molar-refractivity contribution in [3.63, 3.8) is 0 Å². The molecule has 0 amide bonds. The summed E-state index contributed by atoms with van der Waals surface area (Å²) in [5.74, 6) is 5.40. The molecule has 6 nitrogen and oxygen atoms in total. The second-order valence-corrected chi connectivity index (χ2v) is 21.5. The Morgan fingerprint density at radius 2 is 1.38 bits per heavy atom. The maximum Gasteiger partial charge on any atom is 0.267 e. The van der Waals surface area contributed by atoms with Crippen LogP contribution in [0.15, 0.2) is 11.6 Å². The van der Waals surface area contributed by atoms with Crippen molar-refractivity contribution in [2.24, 2.45) is 46.3 Å². The summed E-state index contributed by atoms with van der Waals surface area (Å²) in [7, 11) is 2.34. The van der Waals surface area contributed by atoms with Crippen molar-refractivity contribution < 1.29 is 27.7 Å². The van der Waals surface area contributed by atoms with Gasteiger partial charge in [0.2, 0.25) is 0 Å². The first-order valence-corrected chi connectivity index (χ1v) is 23.8. The van der Waals surface area contributed by atoms with Gasteiger partial charge in [0.1, 0.15) is 0 Å². The molecule has 3 fully saturated rings. The molecule has 1 unspecified atom stereocenters. The van der Waals surface area contributed by atoms with Crippen LogP contribution in [0.1, 0.15) is 176 Å². The summed E-state index contributed by atoms with van der Waals surface area (Å²) in [6.07, 6.45) is 30.1. The van der Waals surface area contributed by atoms with Crippen molar-refractivity contribution in [2.45, 2.75) is 182 Å². The lowest BCUT2D eigenvalue weighted by atomic mass is 9.47. The number of ether oxygens (including phenoxy) is 1. The van der Waals surface area contributed by atoms with Gasteiger partial charge in [-0.05, 0) is 130 Å². The number of nitrogens with zero attached hydrogens (tertiary/aromatic N) is 1. The minimum Gasteiger partial charge on any atom is -0.756 e. The van der Waals surface area contributed by atoms with Crippen molar-refractivity contribution in [1.82, 2.24) is 0 Å². The van der Waals surface area contributed by atoms with Crippen LogP contribution in [-0.4, -0.2) is 58.1 Å². The maximum absolute atomic E-state index is 12.0. The molecule has 0 N–H and O–H groups in total. The topological polar surface area (TPSA) is 67.8 Å². The highest BCUT2D eigenvalue weighted by Gasteiger charge is 2.59. The lowest BCUT2D eigenvalue weighted by molar-refractivity contribution is -0.870. The molecule has 304 valence electrons. The zero-order valence-corrected chi connectivity index (χ0v) is 36.3. The van der Waals surface area contributed by atoms with E-state index in [2.05, 4.69) is 61.8 Å². The Labute approximate surface area is 322 Å². The minimum absolute atomic E-state index is 0.223. The molecule has 9 atom stereocenters. The quantitative estimate of drug-likeness (QED) is 0.0402. The molecule has 0 radical (unpaired) electrons. The number of quaternary nitrogens is 1. The normalized spacial score (nSPS) is 32.2. The van der Waals surface area contributed by atoms with Gasteiger partial charge in [0.15, 0.2) is 0 Å². The van der Waals surface area contributed by atoms with E-state index in [-0.39, 0.29) is 13.2 Å². The van der Waals surface area contributed by atoms with Crippen LogP contribution >= 0.6 is 7.82 Å². The van der Waals surface area contributed by atoms with Gasteiger partial charge in [0.25, 0.3) is 7.82 Å². The number of phosphoric ester groups is 1. The molecular weight excluding hydrogens is 665 g/mol. The molecule has 0 aliphatic heterocycles. The van der Waals surface area contributed by atoms with Crippen molar-refractivity contribution in [3.8, 4) is 0 Å². The van der Waals surface area contributed by atoms with Gasteiger partial charge < -0.3 is 23.2 Å². The third-order valence-corrected chi connectivity index (χ3v) is 15.6. The summed E-state index contributed by atoms with van der Waals surface area (Å²) in [5.41, 5.74) is 2.73. The van der Waals surface area contributed by atoms with E-state index >= 15 is 0 Å². The summed E-state index contributed by atoms with van der Waals surface area (Å²) < 4.78 is 29.5. The van der Waals surface area contributed by atoms with Gasteiger partial charge >= 0.3 is 0 Å². The van der Waals surface area contributed by atoms with Crippen LogP contribution in [0.25, 0.3) is 0 Å². The van der Waals surface area contributed by atoms with E-state index in [9.17, 15) is 9.46 Å². The molecule has 0 saturated heterocycles. The van der Waals surface area contributed by atoms with Crippen LogP contribution in [0.4, 0.5) is 0 Å². The number of hydrogen-bond donors (Lipinski definition) is 0. The van der Waals surface area contributed by atoms with Gasteiger partial charge in [-0.3, -0.25) is 4.57 Å². The Morgan fingerprint density at radius 1 is 0.769 bits per heavy atom. The Bertz CT molecular complexity index is 1120. The summed E-state index contributed by atoms with van der Waals surface area (Å²) in [5, 5.41) is 0. The van der Waals surface area contributed by atoms with E-state index in [1.165, 1.54) is 96.3 Å². The van der Waals surface area contributed by atoms with E-state index in [1.54, 1.807) is 5.57 Å². The number of hydrogen-bond acceptors (Lipinski definition) is 5. The van der Waals surface area contributed by atoms with E-state index in [0.29, 0.717) is 16.9 Å². The third-order valence-electron chi connectivity index (χ3n) is 14.6. The first kappa shape index (κ1) is 44.5. The largest absolute Gasteiger partial charge is 0.756 e. The highest BCUT2D eigenvalue weighted by atomic mass is 31.2. The Hall–Kier alpha value is -0.230. The molecular formula is C45H84NO5P. The van der Waals surface area contributed by atoms with Crippen LogP contribution in [-0.2, 0) is 18.3 Å². The maximum atomic E-state index is 12.0. The highest BCUT2D eigenvalue weighted by Crippen LogP contribution is 2.67. The fourth-order valence-electron chi connectivity index (χ4n) is 11.6. The predicted octanol–water partition coefficient (Wildman–Crippen LogP) is 11.9. The lowest BCUT2D eigenvalue weighted by Gasteiger charge is -2.58. The summed E-state index contributed by atoms with van der Waals surface area (Å²) in [6, 6.07) is 0. The fourth-order valence-corrected chi connectivity index (χ4v) is 12.3. The predicted molar refractivity (Wildman–Crippen MR) is 216 cm³/mol. The molecule has 0 heterocycles. The molecule has 4 rings (SSSR count). The first-order valence-electron chi connectivity index (χ1n) is 22.4. The lowest BCUT2D eigenvalue weighted by Crippen LogP contribution is -2.51. The molecule has 52 heavy (non-hydrogen) atoms. The molecule has 7 heteroatoms. The van der Waals surface area contributed by atoms with Crippen LogP contribution in [0.5, 0.6) is 0 Å². The van der Waals surface area contributed by atoms with Gasteiger partial charge in [-0.2, -0.15) is 0 Å². The van der Waals surface area contributed by atoms with Crippen molar-refractivity contribution in [2.75, 3.05) is 47.5 Å². The molecule has 0 aromatic heterocycles. The fraction of sp³-hybridized carbons (Fsp3) is 0.956. The van der Waals surface area contributed by atoms with Gasteiger partial charge in [-0.1, -0.05) is 104 Å². The molecule has 0 aromatic carbocycles. The Balaban J connectivity index is 1.03. The summed E-state index contributed by atoms with van der Waals surface area (Å²) >= 11 is 0. The second kappa shape index (κ2) is 20.8.